The van der Waals surface area contributed by atoms with Gasteiger partial charge < -0.3 is 10.0 Å². The van der Waals surface area contributed by atoms with E-state index in [2.05, 4.69) is 30.0 Å². The van der Waals surface area contributed by atoms with Gasteiger partial charge in [-0.25, -0.2) is 0 Å². The van der Waals surface area contributed by atoms with Gasteiger partial charge in [0.05, 0.1) is 5.41 Å². The number of hydrogen-bond acceptors (Lipinski definition) is 2. The van der Waals surface area contributed by atoms with E-state index in [1.807, 2.05) is 19.9 Å². The van der Waals surface area contributed by atoms with E-state index >= 15 is 0 Å². The van der Waals surface area contributed by atoms with Crippen molar-refractivity contribution in [2.24, 2.45) is 5.41 Å². The number of carboxylic acid groups (broad SMARTS) is 1. The zero-order valence-electron chi connectivity index (χ0n) is 12.7. The smallest absolute Gasteiger partial charge is 0.311 e. The third-order valence-corrected chi connectivity index (χ3v) is 4.94. The van der Waals surface area contributed by atoms with Crippen LogP contribution in [0.4, 0.5) is 5.69 Å². The van der Waals surface area contributed by atoms with Crippen LogP contribution in [0.1, 0.15) is 45.6 Å². The molecular formula is C17H25NO2. The van der Waals surface area contributed by atoms with Crippen molar-refractivity contribution in [3.8, 4) is 0 Å². The molecule has 1 N–H and O–H groups in total. The van der Waals surface area contributed by atoms with Crippen molar-refractivity contribution in [2.75, 3.05) is 11.4 Å². The molecule has 0 amide bonds. The van der Waals surface area contributed by atoms with Crippen molar-refractivity contribution in [1.29, 1.82) is 0 Å². The monoisotopic (exact) mass is 275 g/mol. The number of carbonyl (C=O) groups is 1. The number of nitrogens with zero attached hydrogens (tertiary/aromatic N) is 1. The molecule has 0 aliphatic carbocycles. The molecule has 1 unspecified atom stereocenters. The summed E-state index contributed by atoms with van der Waals surface area (Å²) in [5.74, 6) is -0.669. The summed E-state index contributed by atoms with van der Waals surface area (Å²) in [6, 6.07) is 8.81. The first-order valence-corrected chi connectivity index (χ1v) is 7.62. The Morgan fingerprint density at radius 1 is 1.35 bits per heavy atom. The summed E-state index contributed by atoms with van der Waals surface area (Å²) in [6.07, 6.45) is 3.53. The SMILES string of the molecule is CCC(CC)(CN1c2ccccc2CCC1C)C(=O)O. The normalized spacial score (nSPS) is 18.8. The van der Waals surface area contributed by atoms with Crippen molar-refractivity contribution in [2.45, 2.75) is 52.5 Å². The molecule has 1 aliphatic heterocycles. The minimum absolute atomic E-state index is 0.404. The van der Waals surface area contributed by atoms with Crippen molar-refractivity contribution in [1.82, 2.24) is 0 Å². The van der Waals surface area contributed by atoms with Crippen LogP contribution in [0.2, 0.25) is 0 Å². The van der Waals surface area contributed by atoms with E-state index in [9.17, 15) is 9.90 Å². The van der Waals surface area contributed by atoms with Gasteiger partial charge in [0.15, 0.2) is 0 Å². The molecule has 3 nitrogen and oxygen atoms in total. The first-order valence-electron chi connectivity index (χ1n) is 7.62. The number of para-hydroxylation sites is 1. The first-order chi connectivity index (χ1) is 9.54. The van der Waals surface area contributed by atoms with E-state index < -0.39 is 11.4 Å². The largest absolute Gasteiger partial charge is 0.481 e. The minimum Gasteiger partial charge on any atom is -0.481 e. The van der Waals surface area contributed by atoms with E-state index in [4.69, 9.17) is 0 Å². The summed E-state index contributed by atoms with van der Waals surface area (Å²) < 4.78 is 0. The third-order valence-electron chi connectivity index (χ3n) is 4.94. The van der Waals surface area contributed by atoms with E-state index in [-0.39, 0.29) is 0 Å². The summed E-state index contributed by atoms with van der Waals surface area (Å²) in [6.45, 7) is 6.78. The van der Waals surface area contributed by atoms with Crippen LogP contribution in [0.15, 0.2) is 24.3 Å². The highest BCUT2D eigenvalue weighted by atomic mass is 16.4. The third kappa shape index (κ3) is 2.54. The highest BCUT2D eigenvalue weighted by molar-refractivity contribution is 5.76. The Bertz CT molecular complexity index is 480. The molecule has 1 atom stereocenters. The molecule has 1 aromatic rings. The Labute approximate surface area is 121 Å². The lowest BCUT2D eigenvalue weighted by Gasteiger charge is -2.42. The highest BCUT2D eigenvalue weighted by Crippen LogP contribution is 2.36. The van der Waals surface area contributed by atoms with Crippen LogP contribution in [-0.2, 0) is 11.2 Å². The second kappa shape index (κ2) is 5.86. The Balaban J connectivity index is 2.34. The van der Waals surface area contributed by atoms with Gasteiger partial charge in [0, 0.05) is 18.3 Å². The summed E-state index contributed by atoms with van der Waals surface area (Å²) in [4.78, 5) is 14.1. The van der Waals surface area contributed by atoms with Gasteiger partial charge in [0.1, 0.15) is 0 Å². The molecule has 0 saturated heterocycles. The molecule has 110 valence electrons. The summed E-state index contributed by atoms with van der Waals surface area (Å²) >= 11 is 0. The zero-order chi connectivity index (χ0) is 14.8. The van der Waals surface area contributed by atoms with Gasteiger partial charge in [-0.15, -0.1) is 0 Å². The molecule has 1 aromatic carbocycles. The van der Waals surface area contributed by atoms with Gasteiger partial charge in [-0.1, -0.05) is 32.0 Å². The van der Waals surface area contributed by atoms with Gasteiger partial charge in [-0.3, -0.25) is 4.79 Å². The number of rotatable bonds is 5. The number of aliphatic carboxylic acids is 1. The van der Waals surface area contributed by atoms with Crippen molar-refractivity contribution >= 4 is 11.7 Å². The molecule has 0 fully saturated rings. The number of aryl methyl sites for hydroxylation is 1. The van der Waals surface area contributed by atoms with Crippen LogP contribution in [0.25, 0.3) is 0 Å². The molecule has 2 rings (SSSR count). The van der Waals surface area contributed by atoms with Crippen LogP contribution >= 0.6 is 0 Å². The Morgan fingerprint density at radius 2 is 2.00 bits per heavy atom. The van der Waals surface area contributed by atoms with Gasteiger partial charge in [-0.05, 0) is 44.2 Å². The number of hydrogen-bond donors (Lipinski definition) is 1. The van der Waals surface area contributed by atoms with Gasteiger partial charge >= 0.3 is 5.97 Å². The predicted octanol–water partition coefficient (Wildman–Crippen LogP) is 3.72. The maximum absolute atomic E-state index is 11.7. The van der Waals surface area contributed by atoms with Gasteiger partial charge in [0.25, 0.3) is 0 Å². The maximum Gasteiger partial charge on any atom is 0.311 e. The fourth-order valence-corrected chi connectivity index (χ4v) is 3.17. The van der Waals surface area contributed by atoms with Crippen LogP contribution < -0.4 is 4.90 Å². The van der Waals surface area contributed by atoms with E-state index in [1.165, 1.54) is 11.3 Å². The summed E-state index contributed by atoms with van der Waals surface area (Å²) in [7, 11) is 0. The zero-order valence-corrected chi connectivity index (χ0v) is 12.7. The summed E-state index contributed by atoms with van der Waals surface area (Å²) in [5.41, 5.74) is 1.93. The number of fused-ring (bicyclic) bond motifs is 1. The van der Waals surface area contributed by atoms with E-state index in [0.717, 1.165) is 12.8 Å². The van der Waals surface area contributed by atoms with Crippen LogP contribution in [0.5, 0.6) is 0 Å². The second-order valence-electron chi connectivity index (χ2n) is 5.94. The quantitative estimate of drug-likeness (QED) is 0.890. The molecular weight excluding hydrogens is 250 g/mol. The van der Waals surface area contributed by atoms with E-state index in [1.54, 1.807) is 0 Å². The van der Waals surface area contributed by atoms with Gasteiger partial charge in [0.2, 0.25) is 0 Å². The summed E-state index contributed by atoms with van der Waals surface area (Å²) in [5, 5.41) is 9.66. The topological polar surface area (TPSA) is 40.5 Å². The lowest BCUT2D eigenvalue weighted by molar-refractivity contribution is -0.148. The molecule has 0 spiro atoms. The average molecular weight is 275 g/mol. The molecule has 3 heteroatoms. The molecule has 0 radical (unpaired) electrons. The Morgan fingerprint density at radius 3 is 2.60 bits per heavy atom. The van der Waals surface area contributed by atoms with Crippen LogP contribution in [0, 0.1) is 5.41 Å². The second-order valence-corrected chi connectivity index (χ2v) is 5.94. The molecule has 1 heterocycles. The molecule has 20 heavy (non-hydrogen) atoms. The highest BCUT2D eigenvalue weighted by Gasteiger charge is 2.39. The number of carboxylic acids is 1. The Kier molecular flexibility index (Phi) is 4.36. The number of benzene rings is 1. The molecule has 0 bridgehead atoms. The van der Waals surface area contributed by atoms with Crippen molar-refractivity contribution in [3.63, 3.8) is 0 Å². The fraction of sp³-hybridized carbons (Fsp3) is 0.588. The molecule has 1 aliphatic rings. The van der Waals surface area contributed by atoms with Crippen LogP contribution in [0.3, 0.4) is 0 Å². The molecule has 0 saturated carbocycles. The minimum atomic E-state index is -0.669. The van der Waals surface area contributed by atoms with Crippen molar-refractivity contribution < 1.29 is 9.90 Å². The molecule has 0 aromatic heterocycles. The lowest BCUT2D eigenvalue weighted by Crippen LogP contribution is -2.48. The predicted molar refractivity (Wildman–Crippen MR) is 82.2 cm³/mol. The van der Waals surface area contributed by atoms with Crippen molar-refractivity contribution in [3.05, 3.63) is 29.8 Å². The van der Waals surface area contributed by atoms with Crippen LogP contribution in [-0.4, -0.2) is 23.7 Å². The Hall–Kier alpha value is -1.51. The fourth-order valence-electron chi connectivity index (χ4n) is 3.17. The number of anilines is 1. The average Bonchev–Trinajstić information content (AvgIpc) is 2.46. The van der Waals surface area contributed by atoms with Gasteiger partial charge in [-0.2, -0.15) is 0 Å². The lowest BCUT2D eigenvalue weighted by atomic mass is 9.80. The van der Waals surface area contributed by atoms with E-state index in [0.29, 0.717) is 25.4 Å². The standard InChI is InChI=1S/C17H25NO2/c1-4-17(5-2,16(19)20)12-18-13(3)10-11-14-8-6-7-9-15(14)18/h6-9,13H,4-5,10-12H2,1-3H3,(H,19,20). The maximum atomic E-state index is 11.7. The first kappa shape index (κ1) is 14.9.